The van der Waals surface area contributed by atoms with Crippen LogP contribution in [0.25, 0.3) is 0 Å². The zero-order chi connectivity index (χ0) is 13.1. The highest BCUT2D eigenvalue weighted by Gasteiger charge is 2.23. The predicted octanol–water partition coefficient (Wildman–Crippen LogP) is 3.12. The van der Waals surface area contributed by atoms with Crippen LogP contribution in [0.15, 0.2) is 18.2 Å². The SMILES string of the molecule is Cc1cc(N2CCC(C)CC2C)ccc1CCN. The van der Waals surface area contributed by atoms with Gasteiger partial charge in [0.15, 0.2) is 0 Å². The van der Waals surface area contributed by atoms with Gasteiger partial charge in [0.05, 0.1) is 0 Å². The van der Waals surface area contributed by atoms with Crippen LogP contribution in [0.3, 0.4) is 0 Å². The topological polar surface area (TPSA) is 29.3 Å². The minimum absolute atomic E-state index is 0.661. The van der Waals surface area contributed by atoms with E-state index in [1.54, 1.807) is 0 Å². The van der Waals surface area contributed by atoms with Gasteiger partial charge in [-0.05, 0) is 68.8 Å². The van der Waals surface area contributed by atoms with E-state index in [9.17, 15) is 0 Å². The highest BCUT2D eigenvalue weighted by atomic mass is 15.2. The first-order chi connectivity index (χ1) is 8.61. The molecule has 0 bridgehead atoms. The summed E-state index contributed by atoms with van der Waals surface area (Å²) in [6, 6.07) is 7.51. The Morgan fingerprint density at radius 1 is 1.33 bits per heavy atom. The molecule has 0 spiro atoms. The van der Waals surface area contributed by atoms with E-state index in [2.05, 4.69) is 43.9 Å². The van der Waals surface area contributed by atoms with Gasteiger partial charge in [-0.15, -0.1) is 0 Å². The fourth-order valence-corrected chi connectivity index (χ4v) is 3.09. The normalized spacial score (nSPS) is 24.3. The van der Waals surface area contributed by atoms with Crippen molar-refractivity contribution in [2.45, 2.75) is 46.1 Å². The van der Waals surface area contributed by atoms with Crippen LogP contribution in [0.1, 0.15) is 37.8 Å². The molecular formula is C16H26N2. The Labute approximate surface area is 111 Å². The maximum Gasteiger partial charge on any atom is 0.0371 e. The Bertz CT molecular complexity index is 400. The third kappa shape index (κ3) is 2.86. The van der Waals surface area contributed by atoms with E-state index in [-0.39, 0.29) is 0 Å². The van der Waals surface area contributed by atoms with Crippen LogP contribution in [0, 0.1) is 12.8 Å². The molecule has 0 aliphatic carbocycles. The molecule has 1 aromatic carbocycles. The second-order valence-electron chi connectivity index (χ2n) is 5.82. The molecule has 0 radical (unpaired) electrons. The summed E-state index contributed by atoms with van der Waals surface area (Å²) >= 11 is 0. The molecule has 2 unspecified atom stereocenters. The fourth-order valence-electron chi connectivity index (χ4n) is 3.09. The highest BCUT2D eigenvalue weighted by molar-refractivity contribution is 5.52. The van der Waals surface area contributed by atoms with E-state index >= 15 is 0 Å². The zero-order valence-electron chi connectivity index (χ0n) is 11.9. The molecule has 0 aromatic heterocycles. The van der Waals surface area contributed by atoms with Gasteiger partial charge in [-0.2, -0.15) is 0 Å². The summed E-state index contributed by atoms with van der Waals surface area (Å²) < 4.78 is 0. The molecular weight excluding hydrogens is 220 g/mol. The Morgan fingerprint density at radius 2 is 2.11 bits per heavy atom. The van der Waals surface area contributed by atoms with Gasteiger partial charge in [-0.1, -0.05) is 13.0 Å². The van der Waals surface area contributed by atoms with Crippen molar-refractivity contribution in [2.24, 2.45) is 11.7 Å². The van der Waals surface area contributed by atoms with Crippen LogP contribution in [0.4, 0.5) is 5.69 Å². The largest absolute Gasteiger partial charge is 0.369 e. The number of nitrogens with two attached hydrogens (primary N) is 1. The van der Waals surface area contributed by atoms with Crippen LogP contribution in [0.2, 0.25) is 0 Å². The van der Waals surface area contributed by atoms with Crippen molar-refractivity contribution in [3.63, 3.8) is 0 Å². The monoisotopic (exact) mass is 246 g/mol. The lowest BCUT2D eigenvalue weighted by Gasteiger charge is -2.38. The average Bonchev–Trinajstić information content (AvgIpc) is 2.32. The Balaban J connectivity index is 2.16. The maximum atomic E-state index is 5.64. The molecule has 18 heavy (non-hydrogen) atoms. The smallest absolute Gasteiger partial charge is 0.0371 e. The van der Waals surface area contributed by atoms with Gasteiger partial charge in [0.1, 0.15) is 0 Å². The summed E-state index contributed by atoms with van der Waals surface area (Å²) in [4.78, 5) is 2.55. The van der Waals surface area contributed by atoms with E-state index in [0.717, 1.165) is 18.9 Å². The van der Waals surface area contributed by atoms with Gasteiger partial charge in [-0.25, -0.2) is 0 Å². The number of anilines is 1. The second kappa shape index (κ2) is 5.75. The summed E-state index contributed by atoms with van der Waals surface area (Å²) in [5.41, 5.74) is 9.79. The Morgan fingerprint density at radius 3 is 2.72 bits per heavy atom. The van der Waals surface area contributed by atoms with Gasteiger partial charge in [-0.3, -0.25) is 0 Å². The molecule has 2 rings (SSSR count). The number of aryl methyl sites for hydroxylation is 1. The van der Waals surface area contributed by atoms with Gasteiger partial charge < -0.3 is 10.6 Å². The summed E-state index contributed by atoms with van der Waals surface area (Å²) in [5, 5.41) is 0. The Kier molecular flexibility index (Phi) is 4.28. The molecule has 1 aliphatic heterocycles. The lowest BCUT2D eigenvalue weighted by atomic mass is 9.92. The van der Waals surface area contributed by atoms with Crippen molar-refractivity contribution in [1.29, 1.82) is 0 Å². The number of nitrogens with zero attached hydrogens (tertiary/aromatic N) is 1. The lowest BCUT2D eigenvalue weighted by Crippen LogP contribution is -2.40. The summed E-state index contributed by atoms with van der Waals surface area (Å²) in [6.45, 7) is 8.84. The van der Waals surface area contributed by atoms with Gasteiger partial charge in [0, 0.05) is 18.3 Å². The van der Waals surface area contributed by atoms with Crippen molar-refractivity contribution >= 4 is 5.69 Å². The summed E-state index contributed by atoms with van der Waals surface area (Å²) in [6.07, 6.45) is 3.61. The average molecular weight is 246 g/mol. The highest BCUT2D eigenvalue weighted by Crippen LogP contribution is 2.29. The number of piperidine rings is 1. The van der Waals surface area contributed by atoms with Crippen molar-refractivity contribution in [1.82, 2.24) is 0 Å². The number of hydrogen-bond acceptors (Lipinski definition) is 2. The first-order valence-electron chi connectivity index (χ1n) is 7.18. The number of benzene rings is 1. The van der Waals surface area contributed by atoms with Crippen LogP contribution in [-0.2, 0) is 6.42 Å². The van der Waals surface area contributed by atoms with Crippen molar-refractivity contribution < 1.29 is 0 Å². The summed E-state index contributed by atoms with van der Waals surface area (Å²) in [7, 11) is 0. The first kappa shape index (κ1) is 13.4. The van der Waals surface area contributed by atoms with Gasteiger partial charge >= 0.3 is 0 Å². The van der Waals surface area contributed by atoms with E-state index in [0.29, 0.717) is 6.04 Å². The molecule has 1 saturated heterocycles. The molecule has 1 fully saturated rings. The quantitative estimate of drug-likeness (QED) is 0.888. The van der Waals surface area contributed by atoms with E-state index in [1.165, 1.54) is 36.2 Å². The predicted molar refractivity (Wildman–Crippen MR) is 79.1 cm³/mol. The molecule has 1 heterocycles. The molecule has 0 saturated carbocycles. The summed E-state index contributed by atoms with van der Waals surface area (Å²) in [5.74, 6) is 0.869. The van der Waals surface area contributed by atoms with Crippen LogP contribution < -0.4 is 10.6 Å². The third-order valence-electron chi connectivity index (χ3n) is 4.21. The van der Waals surface area contributed by atoms with Gasteiger partial charge in [0.2, 0.25) is 0 Å². The number of rotatable bonds is 3. The van der Waals surface area contributed by atoms with E-state index < -0.39 is 0 Å². The molecule has 2 atom stereocenters. The molecule has 1 aliphatic rings. The van der Waals surface area contributed by atoms with Crippen molar-refractivity contribution in [3.8, 4) is 0 Å². The van der Waals surface area contributed by atoms with E-state index in [1.807, 2.05) is 0 Å². The second-order valence-corrected chi connectivity index (χ2v) is 5.82. The third-order valence-corrected chi connectivity index (χ3v) is 4.21. The van der Waals surface area contributed by atoms with Crippen LogP contribution in [-0.4, -0.2) is 19.1 Å². The lowest BCUT2D eigenvalue weighted by molar-refractivity contribution is 0.378. The first-order valence-corrected chi connectivity index (χ1v) is 7.18. The molecule has 0 amide bonds. The Hall–Kier alpha value is -1.02. The van der Waals surface area contributed by atoms with Gasteiger partial charge in [0.25, 0.3) is 0 Å². The molecule has 100 valence electrons. The molecule has 2 nitrogen and oxygen atoms in total. The number of hydrogen-bond donors (Lipinski definition) is 1. The minimum Gasteiger partial charge on any atom is -0.369 e. The fraction of sp³-hybridized carbons (Fsp3) is 0.625. The maximum absolute atomic E-state index is 5.64. The minimum atomic E-state index is 0.661. The van der Waals surface area contributed by atoms with Crippen LogP contribution in [0.5, 0.6) is 0 Å². The van der Waals surface area contributed by atoms with Crippen molar-refractivity contribution in [3.05, 3.63) is 29.3 Å². The zero-order valence-corrected chi connectivity index (χ0v) is 11.9. The molecule has 2 N–H and O–H groups in total. The molecule has 2 heteroatoms. The van der Waals surface area contributed by atoms with E-state index in [4.69, 9.17) is 5.73 Å². The van der Waals surface area contributed by atoms with Crippen LogP contribution >= 0.6 is 0 Å². The van der Waals surface area contributed by atoms with Crippen molar-refractivity contribution in [2.75, 3.05) is 18.0 Å². The standard InChI is InChI=1S/C16H26N2/c1-12-7-9-18(14(3)10-12)16-5-4-15(6-8-17)13(2)11-16/h4-5,11-12,14H,6-10,17H2,1-3H3. The molecule has 1 aromatic rings.